The molecule has 0 atom stereocenters. The third-order valence-corrected chi connectivity index (χ3v) is 4.23. The van der Waals surface area contributed by atoms with Gasteiger partial charge in [-0.15, -0.1) is 0 Å². The minimum absolute atomic E-state index is 0.572. The maximum atomic E-state index is 6.31. The van der Waals surface area contributed by atoms with Gasteiger partial charge in [-0.05, 0) is 25.1 Å². The van der Waals surface area contributed by atoms with Gasteiger partial charge in [0.2, 0.25) is 0 Å². The van der Waals surface area contributed by atoms with E-state index in [1.165, 1.54) is 0 Å². The molecule has 2 aromatic heterocycles. The second-order valence-electron chi connectivity index (χ2n) is 5.67. The van der Waals surface area contributed by atoms with Gasteiger partial charge in [-0.25, -0.2) is 15.0 Å². The predicted octanol–water partition coefficient (Wildman–Crippen LogP) is 1.65. The van der Waals surface area contributed by atoms with E-state index in [0.717, 1.165) is 49.9 Å². The topological polar surface area (TPSA) is 83.2 Å². The van der Waals surface area contributed by atoms with Crippen LogP contribution in [0.25, 0.3) is 0 Å². The highest BCUT2D eigenvalue weighted by Gasteiger charge is 2.20. The summed E-state index contributed by atoms with van der Waals surface area (Å²) in [6, 6.07) is 3.90. The number of anilines is 4. The molecule has 7 nitrogen and oxygen atoms in total. The summed E-state index contributed by atoms with van der Waals surface area (Å²) in [5.41, 5.74) is 7.93. The zero-order valence-electron chi connectivity index (χ0n) is 13.7. The number of hydrogen-bond acceptors (Lipinski definition) is 7. The number of likely N-dealkylation sites (N-methyl/N-ethyl adjacent to an activating group) is 1. The first-order chi connectivity index (χ1) is 11.2. The minimum Gasteiger partial charge on any atom is -0.393 e. The molecule has 0 amide bonds. The fourth-order valence-corrected chi connectivity index (χ4v) is 2.74. The molecule has 1 fully saturated rings. The van der Waals surface area contributed by atoms with Crippen LogP contribution in [0.2, 0.25) is 0 Å². The quantitative estimate of drug-likeness (QED) is 0.888. The number of piperazine rings is 1. The summed E-state index contributed by atoms with van der Waals surface area (Å²) in [5.74, 6) is 2.17. The molecule has 3 N–H and O–H groups in total. The van der Waals surface area contributed by atoms with Crippen LogP contribution in [-0.4, -0.2) is 52.6 Å². The Morgan fingerprint density at radius 1 is 1.13 bits per heavy atom. The van der Waals surface area contributed by atoms with Crippen LogP contribution in [-0.2, 0) is 0 Å². The van der Waals surface area contributed by atoms with Crippen LogP contribution in [0.1, 0.15) is 12.5 Å². The van der Waals surface area contributed by atoms with Crippen LogP contribution in [0, 0.1) is 6.92 Å². The lowest BCUT2D eigenvalue weighted by Gasteiger charge is -2.35. The molecule has 0 aromatic carbocycles. The van der Waals surface area contributed by atoms with E-state index in [-0.39, 0.29) is 0 Å². The van der Waals surface area contributed by atoms with E-state index < -0.39 is 0 Å². The molecule has 1 aliphatic rings. The van der Waals surface area contributed by atoms with Gasteiger partial charge in [-0.1, -0.05) is 13.0 Å². The van der Waals surface area contributed by atoms with Gasteiger partial charge in [-0.2, -0.15) is 0 Å². The van der Waals surface area contributed by atoms with Crippen molar-refractivity contribution in [3.8, 4) is 0 Å². The average molecular weight is 313 g/mol. The van der Waals surface area contributed by atoms with E-state index >= 15 is 0 Å². The maximum Gasteiger partial charge on any atom is 0.160 e. The van der Waals surface area contributed by atoms with Crippen molar-refractivity contribution in [1.82, 2.24) is 19.9 Å². The number of rotatable bonds is 4. The van der Waals surface area contributed by atoms with Crippen LogP contribution in [0.4, 0.5) is 23.1 Å². The van der Waals surface area contributed by atoms with Gasteiger partial charge in [-0.3, -0.25) is 0 Å². The summed E-state index contributed by atoms with van der Waals surface area (Å²) in [7, 11) is 0. The van der Waals surface area contributed by atoms with Crippen molar-refractivity contribution in [3.05, 3.63) is 30.2 Å². The molecule has 0 radical (unpaired) electrons. The van der Waals surface area contributed by atoms with Crippen LogP contribution < -0.4 is 16.0 Å². The lowest BCUT2D eigenvalue weighted by atomic mass is 10.2. The Hall–Kier alpha value is -2.41. The fourth-order valence-electron chi connectivity index (χ4n) is 2.74. The molecular formula is C16H23N7. The van der Waals surface area contributed by atoms with E-state index in [1.807, 2.05) is 19.1 Å². The molecule has 1 saturated heterocycles. The van der Waals surface area contributed by atoms with Crippen molar-refractivity contribution in [3.63, 3.8) is 0 Å². The van der Waals surface area contributed by atoms with E-state index in [2.05, 4.69) is 37.0 Å². The van der Waals surface area contributed by atoms with Crippen LogP contribution >= 0.6 is 0 Å². The molecule has 3 heterocycles. The van der Waals surface area contributed by atoms with Gasteiger partial charge in [0.25, 0.3) is 0 Å². The van der Waals surface area contributed by atoms with Crippen molar-refractivity contribution < 1.29 is 0 Å². The second-order valence-corrected chi connectivity index (χ2v) is 5.67. The number of nitrogens with two attached hydrogens (primary N) is 1. The summed E-state index contributed by atoms with van der Waals surface area (Å²) in [6.07, 6.45) is 3.30. The largest absolute Gasteiger partial charge is 0.393 e. The summed E-state index contributed by atoms with van der Waals surface area (Å²) in [4.78, 5) is 17.6. The number of nitrogens with one attached hydrogen (secondary N) is 1. The summed E-state index contributed by atoms with van der Waals surface area (Å²) < 4.78 is 0. The number of aromatic nitrogens is 3. The zero-order chi connectivity index (χ0) is 16.2. The Morgan fingerprint density at radius 3 is 2.61 bits per heavy atom. The van der Waals surface area contributed by atoms with Crippen molar-refractivity contribution in [1.29, 1.82) is 0 Å². The highest BCUT2D eigenvalue weighted by molar-refractivity contribution is 5.78. The number of hydrogen-bond donors (Lipinski definition) is 2. The second kappa shape index (κ2) is 6.78. The Balaban J connectivity index is 1.80. The minimum atomic E-state index is 0.572. The molecule has 1 aliphatic heterocycles. The Labute approximate surface area is 136 Å². The molecule has 0 unspecified atom stereocenters. The number of pyridine rings is 1. The van der Waals surface area contributed by atoms with Crippen LogP contribution in [0.5, 0.6) is 0 Å². The smallest absolute Gasteiger partial charge is 0.160 e. The molecule has 0 bridgehead atoms. The molecule has 122 valence electrons. The van der Waals surface area contributed by atoms with Gasteiger partial charge in [0.15, 0.2) is 11.6 Å². The highest BCUT2D eigenvalue weighted by atomic mass is 15.3. The van der Waals surface area contributed by atoms with Gasteiger partial charge in [0.1, 0.15) is 17.8 Å². The Kier molecular flexibility index (Phi) is 4.57. The summed E-state index contributed by atoms with van der Waals surface area (Å²) in [5, 5.41) is 3.22. The standard InChI is InChI=1S/C16H23N7/c1-3-22-7-9-23(10-8-22)16-13(17)15(19-11-20-16)21-14-12(2)5-4-6-18-14/h4-6,11H,3,7-10,17H2,1-2H3,(H,18,19,20,21). The first-order valence-electron chi connectivity index (χ1n) is 7.95. The normalized spacial score (nSPS) is 15.7. The molecule has 0 spiro atoms. The van der Waals surface area contributed by atoms with Gasteiger partial charge in [0, 0.05) is 32.4 Å². The van der Waals surface area contributed by atoms with Crippen molar-refractivity contribution in [2.45, 2.75) is 13.8 Å². The monoisotopic (exact) mass is 313 g/mol. The summed E-state index contributed by atoms with van der Waals surface area (Å²) >= 11 is 0. The number of nitrogen functional groups attached to an aromatic ring is 1. The Morgan fingerprint density at radius 2 is 1.91 bits per heavy atom. The van der Waals surface area contributed by atoms with Crippen LogP contribution in [0.15, 0.2) is 24.7 Å². The maximum absolute atomic E-state index is 6.31. The lowest BCUT2D eigenvalue weighted by molar-refractivity contribution is 0.270. The van der Waals surface area contributed by atoms with E-state index in [0.29, 0.717) is 11.5 Å². The predicted molar refractivity (Wildman–Crippen MR) is 93.0 cm³/mol. The van der Waals surface area contributed by atoms with E-state index in [1.54, 1.807) is 12.5 Å². The van der Waals surface area contributed by atoms with Crippen LogP contribution in [0.3, 0.4) is 0 Å². The van der Waals surface area contributed by atoms with Gasteiger partial charge in [0.05, 0.1) is 0 Å². The zero-order valence-corrected chi connectivity index (χ0v) is 13.7. The van der Waals surface area contributed by atoms with Gasteiger partial charge >= 0.3 is 0 Å². The Bertz CT molecular complexity index is 665. The average Bonchev–Trinajstić information content (AvgIpc) is 2.59. The third-order valence-electron chi connectivity index (χ3n) is 4.23. The van der Waals surface area contributed by atoms with Crippen molar-refractivity contribution in [2.75, 3.05) is 48.7 Å². The van der Waals surface area contributed by atoms with Crippen molar-refractivity contribution >= 4 is 23.1 Å². The van der Waals surface area contributed by atoms with Gasteiger partial charge < -0.3 is 20.9 Å². The first kappa shape index (κ1) is 15.5. The first-order valence-corrected chi connectivity index (χ1v) is 7.95. The van der Waals surface area contributed by atoms with E-state index in [4.69, 9.17) is 5.73 Å². The molecule has 0 saturated carbocycles. The fraction of sp³-hybridized carbons (Fsp3) is 0.438. The molecule has 7 heteroatoms. The molecule has 2 aromatic rings. The molecular weight excluding hydrogens is 290 g/mol. The summed E-state index contributed by atoms with van der Waals surface area (Å²) in [6.45, 7) is 9.18. The lowest BCUT2D eigenvalue weighted by Crippen LogP contribution is -2.46. The molecule has 3 rings (SSSR count). The molecule has 0 aliphatic carbocycles. The van der Waals surface area contributed by atoms with E-state index in [9.17, 15) is 0 Å². The van der Waals surface area contributed by atoms with Crippen molar-refractivity contribution in [2.24, 2.45) is 0 Å². The molecule has 23 heavy (non-hydrogen) atoms. The highest BCUT2D eigenvalue weighted by Crippen LogP contribution is 2.29. The third kappa shape index (κ3) is 3.34. The SMILES string of the molecule is CCN1CCN(c2ncnc(Nc3ncccc3C)c2N)CC1. The number of nitrogens with zero attached hydrogens (tertiary/aromatic N) is 5. The number of aryl methyl sites for hydroxylation is 1.